The molecule has 0 aromatic rings. The highest BCUT2D eigenvalue weighted by Gasteiger charge is 2.04. The molecule has 0 bridgehead atoms. The summed E-state index contributed by atoms with van der Waals surface area (Å²) < 4.78 is 4.75. The van der Waals surface area contributed by atoms with E-state index in [1.165, 1.54) is 52.1 Å². The maximum absolute atomic E-state index is 11.4. The lowest BCUT2D eigenvalue weighted by atomic mass is 10.1. The molecular formula is C18H36N2O3. The van der Waals surface area contributed by atoms with E-state index in [1.54, 1.807) is 0 Å². The van der Waals surface area contributed by atoms with Gasteiger partial charge in [0.05, 0.1) is 0 Å². The maximum atomic E-state index is 11.4. The third kappa shape index (κ3) is 15.6. The molecular weight excluding hydrogens is 292 g/mol. The van der Waals surface area contributed by atoms with E-state index in [-0.39, 0.29) is 24.3 Å². The summed E-state index contributed by atoms with van der Waals surface area (Å²) in [5.41, 5.74) is 0. The molecule has 0 heterocycles. The van der Waals surface area contributed by atoms with Crippen LogP contribution in [0.5, 0.6) is 0 Å². The molecule has 0 aromatic carbocycles. The second kappa shape index (κ2) is 15.8. The Morgan fingerprint density at radius 2 is 1.22 bits per heavy atom. The molecule has 0 fully saturated rings. The van der Waals surface area contributed by atoms with Gasteiger partial charge in [-0.3, -0.25) is 9.59 Å². The zero-order chi connectivity index (χ0) is 17.3. The van der Waals surface area contributed by atoms with Gasteiger partial charge >= 0.3 is 0 Å². The van der Waals surface area contributed by atoms with Crippen LogP contribution in [0, 0.1) is 5.92 Å². The van der Waals surface area contributed by atoms with Gasteiger partial charge in [0.2, 0.25) is 11.8 Å². The molecule has 0 spiro atoms. The summed E-state index contributed by atoms with van der Waals surface area (Å²) >= 11 is 0. The largest absolute Gasteiger partial charge is 0.375 e. The van der Waals surface area contributed by atoms with E-state index in [0.717, 1.165) is 25.9 Å². The summed E-state index contributed by atoms with van der Waals surface area (Å²) in [4.78, 5) is 22.5. The standard InChI is InChI=1S/C18H36N2O3/c1-16(2)18(22)20-14-12-10-8-6-4-5-7-9-11-13-19-17(21)15-23-3/h16H,4-15H2,1-3H3,(H,19,21)(H,20,22). The predicted molar refractivity (Wildman–Crippen MR) is 94.3 cm³/mol. The fraction of sp³-hybridized carbons (Fsp3) is 0.889. The second-order valence-electron chi connectivity index (χ2n) is 6.41. The van der Waals surface area contributed by atoms with Crippen LogP contribution in [0.1, 0.15) is 71.6 Å². The van der Waals surface area contributed by atoms with Gasteiger partial charge in [0.15, 0.2) is 0 Å². The summed E-state index contributed by atoms with van der Waals surface area (Å²) in [5.74, 6) is 0.212. The van der Waals surface area contributed by atoms with Crippen LogP contribution in [0.2, 0.25) is 0 Å². The van der Waals surface area contributed by atoms with Crippen LogP contribution < -0.4 is 10.6 Å². The molecule has 0 aromatic heterocycles. The third-order valence-corrected chi connectivity index (χ3v) is 3.77. The van der Waals surface area contributed by atoms with Crippen LogP contribution in [-0.4, -0.2) is 38.6 Å². The Labute approximate surface area is 141 Å². The highest BCUT2D eigenvalue weighted by atomic mass is 16.5. The lowest BCUT2D eigenvalue weighted by molar-refractivity contribution is -0.125. The number of rotatable bonds is 15. The van der Waals surface area contributed by atoms with Gasteiger partial charge in [0.1, 0.15) is 6.61 Å². The van der Waals surface area contributed by atoms with Crippen molar-refractivity contribution in [3.63, 3.8) is 0 Å². The highest BCUT2D eigenvalue weighted by Crippen LogP contribution is 2.09. The van der Waals surface area contributed by atoms with Crippen molar-refractivity contribution in [3.05, 3.63) is 0 Å². The van der Waals surface area contributed by atoms with E-state index in [1.807, 2.05) is 13.8 Å². The molecule has 0 aliphatic rings. The topological polar surface area (TPSA) is 67.4 Å². The summed E-state index contributed by atoms with van der Waals surface area (Å²) in [7, 11) is 1.53. The number of hydrogen-bond acceptors (Lipinski definition) is 3. The molecule has 0 rings (SSSR count). The Morgan fingerprint density at radius 1 is 0.783 bits per heavy atom. The number of carbonyl (C=O) groups excluding carboxylic acids is 2. The van der Waals surface area contributed by atoms with Crippen molar-refractivity contribution < 1.29 is 14.3 Å². The first-order valence-electron chi connectivity index (χ1n) is 9.11. The van der Waals surface area contributed by atoms with Crippen molar-refractivity contribution in [2.24, 2.45) is 5.92 Å². The zero-order valence-electron chi connectivity index (χ0n) is 15.3. The minimum atomic E-state index is -0.0305. The molecule has 0 unspecified atom stereocenters. The van der Waals surface area contributed by atoms with Crippen molar-refractivity contribution >= 4 is 11.8 Å². The number of methoxy groups -OCH3 is 1. The number of amides is 2. The Morgan fingerprint density at radius 3 is 1.65 bits per heavy atom. The average Bonchev–Trinajstić information content (AvgIpc) is 2.51. The SMILES string of the molecule is COCC(=O)NCCCCCCCCCCCNC(=O)C(C)C. The first-order chi connectivity index (χ1) is 11.1. The van der Waals surface area contributed by atoms with Crippen LogP contribution in [0.4, 0.5) is 0 Å². The second-order valence-corrected chi connectivity index (χ2v) is 6.41. The van der Waals surface area contributed by atoms with Crippen LogP contribution in [0.25, 0.3) is 0 Å². The van der Waals surface area contributed by atoms with E-state index in [4.69, 9.17) is 4.74 Å². The van der Waals surface area contributed by atoms with E-state index < -0.39 is 0 Å². The van der Waals surface area contributed by atoms with E-state index >= 15 is 0 Å². The van der Waals surface area contributed by atoms with Crippen LogP contribution >= 0.6 is 0 Å². The molecule has 0 saturated carbocycles. The Balaban J connectivity index is 3.14. The molecule has 23 heavy (non-hydrogen) atoms. The normalized spacial score (nSPS) is 10.8. The van der Waals surface area contributed by atoms with Gasteiger partial charge in [0.25, 0.3) is 0 Å². The first-order valence-corrected chi connectivity index (χ1v) is 9.11. The first kappa shape index (κ1) is 21.9. The van der Waals surface area contributed by atoms with Gasteiger partial charge in [-0.05, 0) is 12.8 Å². The quantitative estimate of drug-likeness (QED) is 0.454. The van der Waals surface area contributed by atoms with Gasteiger partial charge in [-0.15, -0.1) is 0 Å². The average molecular weight is 328 g/mol. The minimum absolute atomic E-state index is 0.0305. The van der Waals surface area contributed by atoms with Crippen LogP contribution in [-0.2, 0) is 14.3 Å². The van der Waals surface area contributed by atoms with Gasteiger partial charge in [-0.25, -0.2) is 0 Å². The smallest absolute Gasteiger partial charge is 0.245 e. The van der Waals surface area contributed by atoms with Crippen molar-refractivity contribution in [1.82, 2.24) is 10.6 Å². The lowest BCUT2D eigenvalue weighted by Crippen LogP contribution is -2.28. The molecule has 0 aliphatic carbocycles. The van der Waals surface area contributed by atoms with Crippen molar-refractivity contribution in [2.75, 3.05) is 26.8 Å². The lowest BCUT2D eigenvalue weighted by Gasteiger charge is -2.07. The zero-order valence-corrected chi connectivity index (χ0v) is 15.3. The number of hydrogen-bond donors (Lipinski definition) is 2. The number of ether oxygens (including phenoxy) is 1. The number of carbonyl (C=O) groups is 2. The van der Waals surface area contributed by atoms with E-state index in [9.17, 15) is 9.59 Å². The van der Waals surface area contributed by atoms with Gasteiger partial charge in [0, 0.05) is 26.1 Å². The van der Waals surface area contributed by atoms with E-state index in [2.05, 4.69) is 10.6 Å². The molecule has 5 nitrogen and oxygen atoms in total. The molecule has 2 N–H and O–H groups in total. The third-order valence-electron chi connectivity index (χ3n) is 3.77. The fourth-order valence-corrected chi connectivity index (χ4v) is 2.31. The highest BCUT2D eigenvalue weighted by molar-refractivity contribution is 5.77. The van der Waals surface area contributed by atoms with Crippen molar-refractivity contribution in [1.29, 1.82) is 0 Å². The Hall–Kier alpha value is -1.10. The number of nitrogens with one attached hydrogen (secondary N) is 2. The molecule has 0 aliphatic heterocycles. The molecule has 0 radical (unpaired) electrons. The van der Waals surface area contributed by atoms with Crippen LogP contribution in [0.3, 0.4) is 0 Å². The fourth-order valence-electron chi connectivity index (χ4n) is 2.31. The van der Waals surface area contributed by atoms with E-state index in [0.29, 0.717) is 0 Å². The summed E-state index contributed by atoms with van der Waals surface area (Å²) in [6, 6.07) is 0. The molecule has 2 amide bonds. The molecule has 0 atom stereocenters. The molecule has 5 heteroatoms. The van der Waals surface area contributed by atoms with Crippen molar-refractivity contribution in [3.8, 4) is 0 Å². The minimum Gasteiger partial charge on any atom is -0.375 e. The Kier molecular flexibility index (Phi) is 15.0. The Bertz CT molecular complexity index is 307. The monoisotopic (exact) mass is 328 g/mol. The van der Waals surface area contributed by atoms with Crippen molar-refractivity contribution in [2.45, 2.75) is 71.6 Å². The summed E-state index contributed by atoms with van der Waals surface area (Å²) in [6.45, 7) is 5.56. The number of unbranched alkanes of at least 4 members (excludes halogenated alkanes) is 8. The van der Waals surface area contributed by atoms with Crippen LogP contribution in [0.15, 0.2) is 0 Å². The predicted octanol–water partition coefficient (Wildman–Crippen LogP) is 3.03. The van der Waals surface area contributed by atoms with Gasteiger partial charge < -0.3 is 15.4 Å². The van der Waals surface area contributed by atoms with Gasteiger partial charge in [-0.2, -0.15) is 0 Å². The summed E-state index contributed by atoms with van der Waals surface area (Å²) in [5, 5.41) is 5.79. The summed E-state index contributed by atoms with van der Waals surface area (Å²) in [6.07, 6.45) is 10.8. The molecule has 0 saturated heterocycles. The van der Waals surface area contributed by atoms with Gasteiger partial charge in [-0.1, -0.05) is 58.8 Å². The molecule has 136 valence electrons. The maximum Gasteiger partial charge on any atom is 0.245 e.